The number of carbonyl (C=O) groups is 3. The molecule has 6 heteroatoms. The largest absolute Gasteiger partial charge is 0.370 e. The van der Waals surface area contributed by atoms with Crippen molar-refractivity contribution < 1.29 is 14.4 Å². The average molecular weight is 452 g/mol. The van der Waals surface area contributed by atoms with Gasteiger partial charge in [0.15, 0.2) is 11.6 Å². The van der Waals surface area contributed by atoms with E-state index in [1.54, 1.807) is 0 Å². The van der Waals surface area contributed by atoms with Gasteiger partial charge in [0.2, 0.25) is 5.91 Å². The fourth-order valence-corrected chi connectivity index (χ4v) is 5.94. The van der Waals surface area contributed by atoms with Gasteiger partial charge in [-0.25, -0.2) is 0 Å². The number of Topliss-reactive ketones (excluding diaryl/α,β-unsaturated/α-hetero) is 2. The molecule has 0 saturated carbocycles. The lowest BCUT2D eigenvalue weighted by Crippen LogP contribution is -2.24. The van der Waals surface area contributed by atoms with Gasteiger partial charge in [-0.3, -0.25) is 14.4 Å². The minimum atomic E-state index is -0.307. The number of hydrogen-bond acceptors (Lipinski definition) is 3. The molecule has 0 fully saturated rings. The van der Waals surface area contributed by atoms with Crippen LogP contribution in [0.3, 0.4) is 0 Å². The average Bonchev–Trinajstić information content (AvgIpc) is 3.41. The highest BCUT2D eigenvalue weighted by Gasteiger charge is 2.38. The lowest BCUT2D eigenvalue weighted by Gasteiger charge is -2.25. The van der Waals surface area contributed by atoms with E-state index >= 15 is 0 Å². The molecule has 6 nitrogen and oxygen atoms in total. The van der Waals surface area contributed by atoms with Crippen LogP contribution in [0.4, 0.5) is 0 Å². The third-order valence-electron chi connectivity index (χ3n) is 7.36. The molecule has 1 atom stereocenters. The number of aromatic nitrogens is 2. The van der Waals surface area contributed by atoms with Crippen LogP contribution in [-0.4, -0.2) is 26.6 Å². The monoisotopic (exact) mass is 451 g/mol. The Balaban J connectivity index is 1.66. The van der Waals surface area contributed by atoms with E-state index in [0.29, 0.717) is 24.0 Å². The second kappa shape index (κ2) is 7.55. The number of nitrogens with two attached hydrogens (primary N) is 1. The van der Waals surface area contributed by atoms with Crippen LogP contribution in [-0.2, 0) is 34.4 Å². The van der Waals surface area contributed by atoms with Crippen LogP contribution in [0.2, 0.25) is 0 Å². The van der Waals surface area contributed by atoms with Crippen molar-refractivity contribution in [1.82, 2.24) is 9.13 Å². The van der Waals surface area contributed by atoms with Gasteiger partial charge in [0, 0.05) is 76.0 Å². The molecule has 3 heterocycles. The quantitative estimate of drug-likeness (QED) is 0.476. The number of benzene rings is 2. The van der Waals surface area contributed by atoms with E-state index in [-0.39, 0.29) is 29.8 Å². The molecule has 2 aromatic carbocycles. The molecule has 1 unspecified atom stereocenters. The molecule has 0 radical (unpaired) electrons. The molecule has 34 heavy (non-hydrogen) atoms. The maximum Gasteiger partial charge on any atom is 0.217 e. The third-order valence-corrected chi connectivity index (χ3v) is 7.36. The number of rotatable bonds is 4. The van der Waals surface area contributed by atoms with Crippen LogP contribution < -0.4 is 5.73 Å². The fraction of sp³-hybridized carbons (Fsp3) is 0.250. The van der Waals surface area contributed by atoms with E-state index < -0.39 is 0 Å². The fourth-order valence-electron chi connectivity index (χ4n) is 5.94. The summed E-state index contributed by atoms with van der Waals surface area (Å²) >= 11 is 0. The minimum absolute atomic E-state index is 0.114. The number of aryl methyl sites for hydroxylation is 2. The molecule has 1 aliphatic carbocycles. The van der Waals surface area contributed by atoms with Crippen molar-refractivity contribution in [1.29, 1.82) is 0 Å². The smallest absolute Gasteiger partial charge is 0.217 e. The molecule has 2 N–H and O–H groups in total. The first-order chi connectivity index (χ1) is 16.4. The van der Waals surface area contributed by atoms with Gasteiger partial charge in [-0.05, 0) is 30.9 Å². The molecular weight excluding hydrogens is 426 g/mol. The molecule has 170 valence electrons. The normalized spacial score (nSPS) is 18.3. The summed E-state index contributed by atoms with van der Waals surface area (Å²) in [6, 6.07) is 16.0. The van der Waals surface area contributed by atoms with Crippen LogP contribution in [0.25, 0.3) is 33.0 Å². The highest BCUT2D eigenvalue weighted by Crippen LogP contribution is 2.45. The first kappa shape index (κ1) is 20.7. The predicted molar refractivity (Wildman–Crippen MR) is 132 cm³/mol. The number of carbonyl (C=O) groups excluding carboxylic acids is 3. The molecular formula is C28H25N3O3. The summed E-state index contributed by atoms with van der Waals surface area (Å²) in [5.74, 6) is -0.449. The first-order valence-corrected chi connectivity index (χ1v) is 11.7. The van der Waals surface area contributed by atoms with Crippen molar-refractivity contribution in [3.05, 3.63) is 71.5 Å². The molecule has 0 saturated heterocycles. The van der Waals surface area contributed by atoms with Crippen molar-refractivity contribution in [3.63, 3.8) is 0 Å². The molecule has 4 aromatic rings. The molecule has 2 aromatic heterocycles. The molecule has 1 aliphatic heterocycles. The summed E-state index contributed by atoms with van der Waals surface area (Å²) in [6.07, 6.45) is 3.68. The number of ketones is 2. The van der Waals surface area contributed by atoms with Gasteiger partial charge in [0.05, 0.1) is 6.42 Å². The lowest BCUT2D eigenvalue weighted by molar-refractivity contribution is -0.120. The van der Waals surface area contributed by atoms with Gasteiger partial charge in [-0.1, -0.05) is 36.4 Å². The van der Waals surface area contributed by atoms with Gasteiger partial charge in [-0.15, -0.1) is 0 Å². The van der Waals surface area contributed by atoms with E-state index in [0.717, 1.165) is 51.6 Å². The Hall–Kier alpha value is -3.93. The number of amides is 1. The lowest BCUT2D eigenvalue weighted by atomic mass is 9.87. The second-order valence-electron chi connectivity index (χ2n) is 9.46. The zero-order valence-corrected chi connectivity index (χ0v) is 19.0. The third kappa shape index (κ3) is 2.98. The predicted octanol–water partition coefficient (Wildman–Crippen LogP) is 4.02. The van der Waals surface area contributed by atoms with Crippen LogP contribution >= 0.6 is 0 Å². The van der Waals surface area contributed by atoms with E-state index in [4.69, 9.17) is 5.73 Å². The number of nitrogens with zero attached hydrogens (tertiary/aromatic N) is 2. The first-order valence-electron chi connectivity index (χ1n) is 11.7. The highest BCUT2D eigenvalue weighted by molar-refractivity contribution is 6.52. The van der Waals surface area contributed by atoms with Crippen LogP contribution in [0.1, 0.15) is 36.1 Å². The van der Waals surface area contributed by atoms with Gasteiger partial charge in [0.1, 0.15) is 0 Å². The van der Waals surface area contributed by atoms with E-state index in [1.165, 1.54) is 0 Å². The van der Waals surface area contributed by atoms with Crippen molar-refractivity contribution in [2.24, 2.45) is 18.7 Å². The summed E-state index contributed by atoms with van der Waals surface area (Å²) in [5.41, 5.74) is 11.3. The molecule has 0 spiro atoms. The van der Waals surface area contributed by atoms with Crippen LogP contribution in [0.5, 0.6) is 0 Å². The van der Waals surface area contributed by atoms with E-state index in [9.17, 15) is 14.4 Å². The van der Waals surface area contributed by atoms with Crippen LogP contribution in [0.15, 0.2) is 54.7 Å². The van der Waals surface area contributed by atoms with Crippen molar-refractivity contribution in [3.8, 4) is 0 Å². The highest BCUT2D eigenvalue weighted by atomic mass is 16.2. The van der Waals surface area contributed by atoms with Crippen molar-refractivity contribution >= 4 is 50.4 Å². The summed E-state index contributed by atoms with van der Waals surface area (Å²) < 4.78 is 4.26. The van der Waals surface area contributed by atoms with Gasteiger partial charge in [0.25, 0.3) is 0 Å². The summed E-state index contributed by atoms with van der Waals surface area (Å²) in [7, 11) is 1.96. The number of hydrogen-bond donors (Lipinski definition) is 1. The molecule has 1 amide bonds. The SMILES string of the molecule is Cn1cc(C2=C(c3c4n(c5ccccc35)CCC(CC(N)=O)C4)C(=O)CC2=O)c2ccccc21. The molecule has 0 bridgehead atoms. The molecule has 2 aliphatic rings. The Kier molecular flexibility index (Phi) is 4.59. The zero-order valence-electron chi connectivity index (χ0n) is 19.0. The Bertz CT molecular complexity index is 1570. The topological polar surface area (TPSA) is 87.1 Å². The number of fused-ring (bicyclic) bond motifs is 4. The standard InChI is InChI=1S/C28H25N3O3/c1-30-15-19(17-6-2-4-8-20(17)30)27-23(32)14-24(33)28(27)26-18-7-3-5-9-21(18)31-11-10-16(12-22(26)31)13-25(29)34/h2-9,15-16H,10-14H2,1H3,(H2,29,34). The van der Waals surface area contributed by atoms with Gasteiger partial charge in [-0.2, -0.15) is 0 Å². The Labute approximate surface area is 196 Å². The maximum absolute atomic E-state index is 13.4. The summed E-state index contributed by atoms with van der Waals surface area (Å²) in [4.78, 5) is 38.4. The summed E-state index contributed by atoms with van der Waals surface area (Å²) in [6.45, 7) is 0.757. The second-order valence-corrected chi connectivity index (χ2v) is 9.46. The van der Waals surface area contributed by atoms with Crippen molar-refractivity contribution in [2.75, 3.05) is 0 Å². The Morgan fingerprint density at radius 3 is 2.41 bits per heavy atom. The van der Waals surface area contributed by atoms with E-state index in [1.807, 2.05) is 60.3 Å². The van der Waals surface area contributed by atoms with E-state index in [2.05, 4.69) is 10.6 Å². The Morgan fingerprint density at radius 1 is 0.971 bits per heavy atom. The number of para-hydroxylation sites is 2. The Morgan fingerprint density at radius 2 is 1.65 bits per heavy atom. The van der Waals surface area contributed by atoms with Gasteiger partial charge < -0.3 is 14.9 Å². The number of primary amides is 1. The molecule has 6 rings (SSSR count). The number of allylic oxidation sites excluding steroid dienone is 2. The maximum atomic E-state index is 13.4. The van der Waals surface area contributed by atoms with Gasteiger partial charge >= 0.3 is 0 Å². The summed E-state index contributed by atoms with van der Waals surface area (Å²) in [5, 5.41) is 1.94. The minimum Gasteiger partial charge on any atom is -0.370 e. The van der Waals surface area contributed by atoms with Crippen LogP contribution in [0, 0.1) is 5.92 Å². The zero-order chi connectivity index (χ0) is 23.6. The van der Waals surface area contributed by atoms with Crippen molar-refractivity contribution in [2.45, 2.75) is 32.2 Å².